The summed E-state index contributed by atoms with van der Waals surface area (Å²) in [5.41, 5.74) is -1.53. The molecular weight excluding hydrogens is 548 g/mol. The van der Waals surface area contributed by atoms with Crippen LogP contribution in [0.5, 0.6) is 0 Å². The van der Waals surface area contributed by atoms with Crippen LogP contribution in [0.1, 0.15) is 29.5 Å². The lowest BCUT2D eigenvalue weighted by Crippen LogP contribution is -2.42. The summed E-state index contributed by atoms with van der Waals surface area (Å²) in [5.74, 6) is 0.0433. The molecule has 0 aliphatic carbocycles. The van der Waals surface area contributed by atoms with Crippen molar-refractivity contribution in [2.45, 2.75) is 31.0 Å². The molecule has 1 aliphatic rings. The molecule has 0 radical (unpaired) electrons. The first-order valence-corrected chi connectivity index (χ1v) is 12.8. The molecule has 0 saturated heterocycles. The topological polar surface area (TPSA) is 70.9 Å². The smallest absolute Gasteiger partial charge is 0.386 e. The van der Waals surface area contributed by atoms with E-state index in [0.29, 0.717) is 24.2 Å². The average Bonchev–Trinajstić information content (AvgIpc) is 3.29. The number of oxime groups is 1. The number of hydrogen-bond acceptors (Lipinski definition) is 5. The number of thioether (sulfide) groups is 1. The summed E-state index contributed by atoms with van der Waals surface area (Å²) in [4.78, 5) is 17.1. The van der Waals surface area contributed by atoms with Gasteiger partial charge in [0.05, 0.1) is 26.7 Å². The van der Waals surface area contributed by atoms with Crippen molar-refractivity contribution in [3.63, 3.8) is 0 Å². The highest BCUT2D eigenvalue weighted by Crippen LogP contribution is 2.50. The molecular formula is C23H22Cl3F3N2O3S. The van der Waals surface area contributed by atoms with Gasteiger partial charge in [-0.3, -0.25) is 4.79 Å². The van der Waals surface area contributed by atoms with Crippen LogP contribution in [0.25, 0.3) is 0 Å². The summed E-state index contributed by atoms with van der Waals surface area (Å²) >= 11 is 19.1. The van der Waals surface area contributed by atoms with Crippen molar-refractivity contribution in [1.29, 1.82) is 0 Å². The number of aliphatic hydroxyl groups is 1. The first kappa shape index (κ1) is 27.9. The third-order valence-electron chi connectivity index (χ3n) is 5.73. The summed E-state index contributed by atoms with van der Waals surface area (Å²) in [6, 6.07) is 9.07. The number of aliphatic hydroxyl groups excluding tert-OH is 1. The van der Waals surface area contributed by atoms with Crippen LogP contribution in [0.4, 0.5) is 13.2 Å². The van der Waals surface area contributed by atoms with Gasteiger partial charge in [0.25, 0.3) is 5.60 Å². The van der Waals surface area contributed by atoms with Crippen molar-refractivity contribution >= 4 is 58.2 Å². The number of carbonyl (C=O) groups excluding carboxylic acids is 1. The van der Waals surface area contributed by atoms with E-state index in [9.17, 15) is 18.0 Å². The lowest BCUT2D eigenvalue weighted by Gasteiger charge is -2.30. The summed E-state index contributed by atoms with van der Waals surface area (Å²) in [7, 11) is 1.56. The van der Waals surface area contributed by atoms with E-state index in [0.717, 1.165) is 17.7 Å². The maximum atomic E-state index is 14.2. The molecule has 0 saturated carbocycles. The second kappa shape index (κ2) is 11.6. The fourth-order valence-electron chi connectivity index (χ4n) is 3.74. The zero-order chi connectivity index (χ0) is 25.8. The molecule has 190 valence electrons. The van der Waals surface area contributed by atoms with Crippen LogP contribution >= 0.6 is 46.6 Å². The van der Waals surface area contributed by atoms with Gasteiger partial charge in [0.1, 0.15) is 0 Å². The minimum atomic E-state index is -4.81. The number of aryl methyl sites for hydroxylation is 1. The number of nitrogens with one attached hydrogen (secondary N) is 1. The van der Waals surface area contributed by atoms with Gasteiger partial charge in [-0.15, -0.1) is 11.8 Å². The Kier molecular flexibility index (Phi) is 9.26. The molecule has 0 aromatic heterocycles. The largest absolute Gasteiger partial charge is 0.435 e. The number of alkyl halides is 3. The van der Waals surface area contributed by atoms with Gasteiger partial charge in [-0.1, -0.05) is 64.2 Å². The Bertz CT molecular complexity index is 1080. The van der Waals surface area contributed by atoms with E-state index in [1.807, 2.05) is 0 Å². The number of amides is 1. The Labute approximate surface area is 219 Å². The van der Waals surface area contributed by atoms with Crippen molar-refractivity contribution in [1.82, 2.24) is 5.32 Å². The highest BCUT2D eigenvalue weighted by atomic mass is 35.5. The number of carbonyl (C=O) groups is 1. The van der Waals surface area contributed by atoms with Gasteiger partial charge in [0, 0.05) is 30.7 Å². The fourth-order valence-corrected chi connectivity index (χ4v) is 5.05. The van der Waals surface area contributed by atoms with Crippen LogP contribution in [-0.2, 0) is 21.7 Å². The first-order valence-electron chi connectivity index (χ1n) is 10.5. The van der Waals surface area contributed by atoms with Gasteiger partial charge in [-0.25, -0.2) is 0 Å². The molecule has 2 unspecified atom stereocenters. The third-order valence-corrected chi connectivity index (χ3v) is 7.75. The SMILES string of the molecule is CNC(=O)C(CCc1ccc(C2=NOC(c3cc(Cl)c(Cl)c(Cl)c3)(C(F)(F)F)C2)cc1)CSCO. The average molecular weight is 570 g/mol. The second-order valence-corrected chi connectivity index (χ2v) is 10.1. The minimum absolute atomic E-state index is 0.0438. The summed E-state index contributed by atoms with van der Waals surface area (Å²) in [6.45, 7) is 0. The third kappa shape index (κ3) is 6.20. The van der Waals surface area contributed by atoms with Gasteiger partial charge in [0.2, 0.25) is 5.91 Å². The van der Waals surface area contributed by atoms with E-state index < -0.39 is 18.2 Å². The van der Waals surface area contributed by atoms with E-state index >= 15 is 0 Å². The van der Waals surface area contributed by atoms with Crippen LogP contribution in [0.3, 0.4) is 0 Å². The molecule has 1 heterocycles. The predicted octanol–water partition coefficient (Wildman–Crippen LogP) is 6.21. The van der Waals surface area contributed by atoms with Gasteiger partial charge < -0.3 is 15.3 Å². The first-order chi connectivity index (χ1) is 16.5. The van der Waals surface area contributed by atoms with Crippen molar-refractivity contribution in [3.8, 4) is 0 Å². The Hall–Kier alpha value is -1.65. The molecule has 0 fully saturated rings. The lowest BCUT2D eigenvalue weighted by molar-refractivity contribution is -0.275. The Morgan fingerprint density at radius 1 is 1.23 bits per heavy atom. The number of halogens is 6. The molecule has 1 aliphatic heterocycles. The quantitative estimate of drug-likeness (QED) is 0.278. The Morgan fingerprint density at radius 3 is 2.40 bits per heavy atom. The van der Waals surface area contributed by atoms with Crippen LogP contribution < -0.4 is 5.32 Å². The molecule has 5 nitrogen and oxygen atoms in total. The zero-order valence-electron chi connectivity index (χ0n) is 18.5. The lowest BCUT2D eigenvalue weighted by atomic mass is 9.86. The van der Waals surface area contributed by atoms with Crippen LogP contribution in [-0.4, -0.2) is 41.6 Å². The summed E-state index contributed by atoms with van der Waals surface area (Å²) in [5, 5.41) is 15.1. The van der Waals surface area contributed by atoms with Crippen molar-refractivity contribution in [3.05, 3.63) is 68.2 Å². The zero-order valence-corrected chi connectivity index (χ0v) is 21.5. The maximum Gasteiger partial charge on any atom is 0.435 e. The monoisotopic (exact) mass is 568 g/mol. The van der Waals surface area contributed by atoms with E-state index in [1.54, 1.807) is 31.3 Å². The van der Waals surface area contributed by atoms with E-state index in [1.165, 1.54) is 11.8 Å². The highest BCUT2D eigenvalue weighted by Gasteiger charge is 2.62. The normalized spacial score (nSPS) is 18.7. The Balaban J connectivity index is 1.76. The molecule has 12 heteroatoms. The van der Waals surface area contributed by atoms with Crippen molar-refractivity contribution in [2.24, 2.45) is 11.1 Å². The number of benzene rings is 2. The van der Waals surface area contributed by atoms with E-state index in [-0.39, 0.29) is 44.1 Å². The van der Waals surface area contributed by atoms with Gasteiger partial charge in [-0.05, 0) is 36.1 Å². The molecule has 2 N–H and O–H groups in total. The van der Waals surface area contributed by atoms with E-state index in [4.69, 9.17) is 44.7 Å². The van der Waals surface area contributed by atoms with Crippen LogP contribution in [0.2, 0.25) is 15.1 Å². The standard InChI is InChI=1S/C23H22Cl3F3N2O3S/c1-30-21(33)15(11-35-12-32)7-4-13-2-5-14(6-3-13)19-10-22(34-31-19,23(27,28)29)16-8-17(24)20(26)18(25)9-16/h2-3,5-6,8-9,15,32H,4,7,10-12H2,1H3,(H,30,33). The highest BCUT2D eigenvalue weighted by molar-refractivity contribution is 7.99. The van der Waals surface area contributed by atoms with Crippen molar-refractivity contribution in [2.75, 3.05) is 18.7 Å². The van der Waals surface area contributed by atoms with Crippen molar-refractivity contribution < 1.29 is 27.9 Å². The fraction of sp³-hybridized carbons (Fsp3) is 0.391. The summed E-state index contributed by atoms with van der Waals surface area (Å²) in [6.07, 6.45) is -4.23. The molecule has 2 aromatic carbocycles. The summed E-state index contributed by atoms with van der Waals surface area (Å²) < 4.78 is 42.6. The molecule has 0 spiro atoms. The number of rotatable bonds is 9. The molecule has 2 atom stereocenters. The van der Waals surface area contributed by atoms with Crippen LogP contribution in [0.15, 0.2) is 41.6 Å². The molecule has 3 rings (SSSR count). The Morgan fingerprint density at radius 2 is 1.86 bits per heavy atom. The number of hydrogen-bond donors (Lipinski definition) is 2. The predicted molar refractivity (Wildman–Crippen MR) is 133 cm³/mol. The van der Waals surface area contributed by atoms with Gasteiger partial charge in [-0.2, -0.15) is 13.2 Å². The maximum absolute atomic E-state index is 14.2. The number of nitrogens with zero attached hydrogens (tertiary/aromatic N) is 1. The molecule has 0 bridgehead atoms. The molecule has 2 aromatic rings. The van der Waals surface area contributed by atoms with Crippen LogP contribution in [0, 0.1) is 5.92 Å². The second-order valence-electron chi connectivity index (χ2n) is 7.93. The van der Waals surface area contributed by atoms with Gasteiger partial charge >= 0.3 is 6.18 Å². The molecule has 1 amide bonds. The van der Waals surface area contributed by atoms with E-state index in [2.05, 4.69) is 10.5 Å². The molecule has 35 heavy (non-hydrogen) atoms. The minimum Gasteiger partial charge on any atom is -0.386 e. The van der Waals surface area contributed by atoms with Gasteiger partial charge in [0.15, 0.2) is 0 Å².